The predicted octanol–water partition coefficient (Wildman–Crippen LogP) is 1.84. The quantitative estimate of drug-likeness (QED) is 0.853. The lowest BCUT2D eigenvalue weighted by Gasteiger charge is -2.02. The van der Waals surface area contributed by atoms with Crippen LogP contribution in [0.25, 0.3) is 0 Å². The van der Waals surface area contributed by atoms with Crippen molar-refractivity contribution in [2.24, 2.45) is 7.05 Å². The van der Waals surface area contributed by atoms with Gasteiger partial charge in [-0.15, -0.1) is 0 Å². The van der Waals surface area contributed by atoms with Crippen molar-refractivity contribution in [3.63, 3.8) is 0 Å². The van der Waals surface area contributed by atoms with Gasteiger partial charge in [0.2, 0.25) is 0 Å². The van der Waals surface area contributed by atoms with Crippen LogP contribution in [0.5, 0.6) is 0 Å². The fourth-order valence-corrected chi connectivity index (χ4v) is 1.96. The molecule has 0 saturated heterocycles. The van der Waals surface area contributed by atoms with E-state index in [2.05, 4.69) is 46.6 Å². The smallest absolute Gasteiger partial charge is 0.0638 e. The van der Waals surface area contributed by atoms with Crippen molar-refractivity contribution in [3.8, 4) is 0 Å². The molecule has 1 N–H and O–H groups in total. The molecule has 2 aromatic heterocycles. The van der Waals surface area contributed by atoms with Crippen LogP contribution in [0, 0.1) is 6.92 Å². The van der Waals surface area contributed by atoms with Crippen LogP contribution in [-0.4, -0.2) is 14.3 Å². The van der Waals surface area contributed by atoms with Crippen molar-refractivity contribution in [2.75, 3.05) is 0 Å². The third-order valence-electron chi connectivity index (χ3n) is 2.94. The second kappa shape index (κ2) is 5.19. The van der Waals surface area contributed by atoms with Gasteiger partial charge in [-0.05, 0) is 25.5 Å². The van der Waals surface area contributed by atoms with Crippen LogP contribution in [0.3, 0.4) is 0 Å². The number of hydrogen-bond donors (Lipinski definition) is 1. The van der Waals surface area contributed by atoms with Gasteiger partial charge in [-0.2, -0.15) is 5.10 Å². The van der Waals surface area contributed by atoms with Gasteiger partial charge < -0.3 is 9.88 Å². The summed E-state index contributed by atoms with van der Waals surface area (Å²) in [5.41, 5.74) is 3.70. The lowest BCUT2D eigenvalue weighted by atomic mass is 10.2. The minimum atomic E-state index is 0.872. The van der Waals surface area contributed by atoms with Crippen molar-refractivity contribution in [1.82, 2.24) is 19.7 Å². The number of nitrogens with one attached hydrogen (secondary N) is 1. The molecule has 92 valence electrons. The van der Waals surface area contributed by atoms with Crippen molar-refractivity contribution < 1.29 is 0 Å². The Bertz CT molecular complexity index is 481. The molecule has 0 aromatic carbocycles. The number of rotatable bonds is 5. The van der Waals surface area contributed by atoms with E-state index < -0.39 is 0 Å². The van der Waals surface area contributed by atoms with Gasteiger partial charge >= 0.3 is 0 Å². The molecular weight excluding hydrogens is 212 g/mol. The van der Waals surface area contributed by atoms with Crippen molar-refractivity contribution in [2.45, 2.75) is 33.5 Å². The highest BCUT2D eigenvalue weighted by Gasteiger charge is 2.02. The fourth-order valence-electron chi connectivity index (χ4n) is 1.96. The van der Waals surface area contributed by atoms with Gasteiger partial charge in [-0.3, -0.25) is 4.68 Å². The summed E-state index contributed by atoms with van der Waals surface area (Å²) in [4.78, 5) is 0. The third kappa shape index (κ3) is 2.97. The van der Waals surface area contributed by atoms with E-state index in [0.717, 1.165) is 25.3 Å². The third-order valence-corrected chi connectivity index (χ3v) is 2.94. The highest BCUT2D eigenvalue weighted by molar-refractivity contribution is 5.15. The maximum Gasteiger partial charge on any atom is 0.0638 e. The highest BCUT2D eigenvalue weighted by atomic mass is 15.2. The van der Waals surface area contributed by atoms with Gasteiger partial charge in [-0.1, -0.05) is 0 Å². The molecule has 0 atom stereocenters. The van der Waals surface area contributed by atoms with E-state index in [1.165, 1.54) is 11.1 Å². The Hall–Kier alpha value is -1.55. The van der Waals surface area contributed by atoms with E-state index in [1.54, 1.807) is 0 Å². The van der Waals surface area contributed by atoms with Crippen LogP contribution in [0.1, 0.15) is 23.7 Å². The molecular formula is C13H20N4. The number of aromatic nitrogens is 3. The predicted molar refractivity (Wildman–Crippen MR) is 68.6 cm³/mol. The Morgan fingerprint density at radius 1 is 1.29 bits per heavy atom. The first-order valence-corrected chi connectivity index (χ1v) is 6.03. The molecule has 4 heteroatoms. The zero-order valence-corrected chi connectivity index (χ0v) is 10.8. The van der Waals surface area contributed by atoms with Crippen LogP contribution in [0.4, 0.5) is 0 Å². The van der Waals surface area contributed by atoms with Gasteiger partial charge in [0, 0.05) is 50.8 Å². The van der Waals surface area contributed by atoms with Gasteiger partial charge in [0.25, 0.3) is 0 Å². The van der Waals surface area contributed by atoms with Crippen molar-refractivity contribution in [1.29, 1.82) is 0 Å². The summed E-state index contributed by atoms with van der Waals surface area (Å²) in [6, 6.07) is 2.16. The summed E-state index contributed by atoms with van der Waals surface area (Å²) < 4.78 is 4.05. The Kier molecular flexibility index (Phi) is 3.64. The van der Waals surface area contributed by atoms with Crippen LogP contribution < -0.4 is 5.32 Å². The lowest BCUT2D eigenvalue weighted by molar-refractivity contribution is 0.685. The molecule has 2 heterocycles. The largest absolute Gasteiger partial charge is 0.354 e. The Balaban J connectivity index is 1.85. The van der Waals surface area contributed by atoms with E-state index in [9.17, 15) is 0 Å². The first kappa shape index (κ1) is 11.9. The molecule has 4 nitrogen and oxygen atoms in total. The monoisotopic (exact) mass is 232 g/mol. The first-order chi connectivity index (χ1) is 8.19. The van der Waals surface area contributed by atoms with Crippen LogP contribution in [0.15, 0.2) is 24.7 Å². The maximum atomic E-state index is 4.33. The SMILES string of the molecule is CCn1ccc(CNCc2cn(C)nc2C)c1. The van der Waals surface area contributed by atoms with Crippen LogP contribution >= 0.6 is 0 Å². The maximum absolute atomic E-state index is 4.33. The first-order valence-electron chi connectivity index (χ1n) is 6.03. The molecule has 0 unspecified atom stereocenters. The van der Waals surface area contributed by atoms with Gasteiger partial charge in [-0.25, -0.2) is 0 Å². The van der Waals surface area contributed by atoms with E-state index in [1.807, 2.05) is 18.7 Å². The lowest BCUT2D eigenvalue weighted by Crippen LogP contribution is -2.12. The molecule has 0 saturated carbocycles. The molecule has 0 radical (unpaired) electrons. The summed E-state index contributed by atoms with van der Waals surface area (Å²) >= 11 is 0. The van der Waals surface area contributed by atoms with Crippen LogP contribution in [0.2, 0.25) is 0 Å². The molecule has 0 bridgehead atoms. The molecule has 0 fully saturated rings. The topological polar surface area (TPSA) is 34.8 Å². The Morgan fingerprint density at radius 3 is 2.71 bits per heavy atom. The van der Waals surface area contributed by atoms with Gasteiger partial charge in [0.15, 0.2) is 0 Å². The summed E-state index contributed by atoms with van der Waals surface area (Å²) in [6.45, 7) is 7.00. The average Bonchev–Trinajstić information content (AvgIpc) is 2.86. The van der Waals surface area contributed by atoms with E-state index in [-0.39, 0.29) is 0 Å². The number of nitrogens with zero attached hydrogens (tertiary/aromatic N) is 3. The minimum absolute atomic E-state index is 0.872. The van der Waals surface area contributed by atoms with E-state index in [4.69, 9.17) is 0 Å². The number of aryl methyl sites for hydroxylation is 3. The molecule has 2 aromatic rings. The standard InChI is InChI=1S/C13H20N4/c1-4-17-6-5-12(9-17)7-14-8-13-10-16(3)15-11(13)2/h5-6,9-10,14H,4,7-8H2,1-3H3. The molecule has 17 heavy (non-hydrogen) atoms. The van der Waals surface area contributed by atoms with E-state index >= 15 is 0 Å². The van der Waals surface area contributed by atoms with Crippen molar-refractivity contribution in [3.05, 3.63) is 41.5 Å². The van der Waals surface area contributed by atoms with Crippen molar-refractivity contribution >= 4 is 0 Å². The Labute approximate surface area is 102 Å². The minimum Gasteiger partial charge on any atom is -0.354 e. The summed E-state index contributed by atoms with van der Waals surface area (Å²) in [5.74, 6) is 0. The van der Waals surface area contributed by atoms with E-state index in [0.29, 0.717) is 0 Å². The van der Waals surface area contributed by atoms with Gasteiger partial charge in [0.05, 0.1) is 5.69 Å². The fraction of sp³-hybridized carbons (Fsp3) is 0.462. The zero-order chi connectivity index (χ0) is 12.3. The van der Waals surface area contributed by atoms with Crippen LogP contribution in [-0.2, 0) is 26.7 Å². The number of hydrogen-bond acceptors (Lipinski definition) is 2. The molecule has 0 spiro atoms. The Morgan fingerprint density at radius 2 is 2.12 bits per heavy atom. The second-order valence-corrected chi connectivity index (χ2v) is 4.37. The molecule has 0 aliphatic heterocycles. The summed E-state index contributed by atoms with van der Waals surface area (Å²) in [7, 11) is 1.96. The summed E-state index contributed by atoms with van der Waals surface area (Å²) in [6.07, 6.45) is 6.37. The average molecular weight is 232 g/mol. The normalized spacial score (nSPS) is 11.0. The van der Waals surface area contributed by atoms with Gasteiger partial charge in [0.1, 0.15) is 0 Å². The summed E-state index contributed by atoms with van der Waals surface area (Å²) in [5, 5.41) is 7.77. The highest BCUT2D eigenvalue weighted by Crippen LogP contribution is 2.05. The molecule has 2 rings (SSSR count). The molecule has 0 amide bonds. The molecule has 0 aliphatic carbocycles. The zero-order valence-electron chi connectivity index (χ0n) is 10.8. The molecule has 0 aliphatic rings. The second-order valence-electron chi connectivity index (χ2n) is 4.37.